The van der Waals surface area contributed by atoms with Crippen molar-refractivity contribution >= 4 is 17.4 Å². The number of carbonyl (C=O) groups is 1. The van der Waals surface area contributed by atoms with Crippen molar-refractivity contribution in [3.8, 4) is 5.75 Å². The van der Waals surface area contributed by atoms with Crippen molar-refractivity contribution in [3.05, 3.63) is 42.6 Å². The minimum atomic E-state index is 0.209. The van der Waals surface area contributed by atoms with Gasteiger partial charge in [-0.1, -0.05) is 0 Å². The van der Waals surface area contributed by atoms with Crippen LogP contribution < -0.4 is 14.5 Å². The first-order valence-corrected chi connectivity index (χ1v) is 11.0. The first-order chi connectivity index (χ1) is 15.1. The van der Waals surface area contributed by atoms with Crippen LogP contribution in [0.25, 0.3) is 0 Å². The second-order valence-corrected chi connectivity index (χ2v) is 8.33. The molecule has 0 saturated carbocycles. The van der Waals surface area contributed by atoms with E-state index in [4.69, 9.17) is 4.74 Å². The molecule has 1 atom stereocenters. The lowest BCUT2D eigenvalue weighted by molar-refractivity contribution is -0.132. The Bertz CT molecular complexity index is 839. The Morgan fingerprint density at radius 2 is 1.90 bits per heavy atom. The van der Waals surface area contributed by atoms with Gasteiger partial charge < -0.3 is 19.4 Å². The molecular weight excluding hydrogens is 392 g/mol. The molecule has 1 aromatic heterocycles. The predicted octanol–water partition coefficient (Wildman–Crippen LogP) is 1.73. The molecule has 1 aromatic carbocycles. The average molecular weight is 425 g/mol. The van der Waals surface area contributed by atoms with Crippen LogP contribution in [0.1, 0.15) is 12.8 Å². The summed E-state index contributed by atoms with van der Waals surface area (Å²) in [5.41, 5.74) is 1.18. The molecule has 4 rings (SSSR count). The zero-order chi connectivity index (χ0) is 21.6. The molecule has 0 spiro atoms. The number of anilines is 2. The van der Waals surface area contributed by atoms with Crippen molar-refractivity contribution in [2.24, 2.45) is 0 Å². The number of ether oxygens (including phenoxy) is 1. The molecule has 0 N–H and O–H groups in total. The topological polar surface area (TPSA) is 65.0 Å². The quantitative estimate of drug-likeness (QED) is 0.671. The van der Waals surface area contributed by atoms with Gasteiger partial charge in [-0.3, -0.25) is 9.69 Å². The van der Waals surface area contributed by atoms with Gasteiger partial charge in [0, 0.05) is 57.2 Å². The van der Waals surface area contributed by atoms with Crippen LogP contribution in [0.3, 0.4) is 0 Å². The number of piperazine rings is 1. The summed E-state index contributed by atoms with van der Waals surface area (Å²) in [5, 5.41) is 8.28. The van der Waals surface area contributed by atoms with E-state index >= 15 is 0 Å². The Morgan fingerprint density at radius 3 is 2.58 bits per heavy atom. The van der Waals surface area contributed by atoms with Crippen molar-refractivity contribution < 1.29 is 9.53 Å². The lowest BCUT2D eigenvalue weighted by atomic mass is 10.2. The van der Waals surface area contributed by atoms with Gasteiger partial charge in [-0.05, 0) is 56.3 Å². The largest absolute Gasteiger partial charge is 0.497 e. The maximum Gasteiger partial charge on any atom is 0.236 e. The van der Waals surface area contributed by atoms with Crippen LogP contribution in [0.5, 0.6) is 5.75 Å². The number of nitrogens with zero attached hydrogens (tertiary/aromatic N) is 6. The summed E-state index contributed by atoms with van der Waals surface area (Å²) in [5.74, 6) is 2.00. The summed E-state index contributed by atoms with van der Waals surface area (Å²) < 4.78 is 5.24. The van der Waals surface area contributed by atoms with Gasteiger partial charge in [0.1, 0.15) is 5.75 Å². The molecule has 166 valence electrons. The van der Waals surface area contributed by atoms with Crippen molar-refractivity contribution in [1.82, 2.24) is 20.0 Å². The van der Waals surface area contributed by atoms with Gasteiger partial charge >= 0.3 is 0 Å². The van der Waals surface area contributed by atoms with Crippen molar-refractivity contribution in [1.29, 1.82) is 0 Å². The number of methoxy groups -OCH3 is 1. The number of hydrogen-bond donors (Lipinski definition) is 0. The van der Waals surface area contributed by atoms with E-state index in [-0.39, 0.29) is 5.91 Å². The fourth-order valence-electron chi connectivity index (χ4n) is 4.54. The van der Waals surface area contributed by atoms with Crippen molar-refractivity contribution in [2.75, 3.05) is 69.8 Å². The average Bonchev–Trinajstić information content (AvgIpc) is 3.27. The molecule has 0 aliphatic carbocycles. The summed E-state index contributed by atoms with van der Waals surface area (Å²) in [6.45, 7) is 5.53. The Labute approximate surface area is 184 Å². The molecule has 2 aromatic rings. The molecule has 2 aliphatic heterocycles. The van der Waals surface area contributed by atoms with E-state index in [1.807, 2.05) is 36.2 Å². The number of carbonyl (C=O) groups excluding carboxylic acids is 1. The molecule has 0 bridgehead atoms. The Hall–Kier alpha value is -2.87. The third-order valence-corrected chi connectivity index (χ3v) is 6.23. The van der Waals surface area contributed by atoms with Gasteiger partial charge in [0.15, 0.2) is 5.82 Å². The second kappa shape index (κ2) is 9.96. The number of likely N-dealkylation sites (N-methyl/N-ethyl adjacent to an activating group) is 1. The maximum absolute atomic E-state index is 12.9. The van der Waals surface area contributed by atoms with Gasteiger partial charge in [0.2, 0.25) is 5.91 Å². The summed E-state index contributed by atoms with van der Waals surface area (Å²) in [4.78, 5) is 21.7. The smallest absolute Gasteiger partial charge is 0.236 e. The second-order valence-electron chi connectivity index (χ2n) is 8.33. The maximum atomic E-state index is 12.9. The van der Waals surface area contributed by atoms with Gasteiger partial charge in [-0.15, -0.1) is 5.10 Å². The van der Waals surface area contributed by atoms with Crippen LogP contribution in [0.15, 0.2) is 42.6 Å². The highest BCUT2D eigenvalue weighted by molar-refractivity contribution is 5.78. The third kappa shape index (κ3) is 5.25. The number of aromatic nitrogens is 2. The lowest BCUT2D eigenvalue weighted by Gasteiger charge is -2.37. The SMILES string of the molecule is COc1ccc(N2CCN(C(=O)CN(C)CC3CCCN3c3cccnn3)CC2)cc1. The summed E-state index contributed by atoms with van der Waals surface area (Å²) in [7, 11) is 3.72. The standard InChI is InChI=1S/C23H32N6O2/c1-26(17-20-5-4-12-29(20)22-6-3-11-24-25-22)18-23(30)28-15-13-27(14-16-28)19-7-9-21(31-2)10-8-19/h3,6-11,20H,4-5,12-18H2,1-2H3. The van der Waals surface area contributed by atoms with Crippen LogP contribution in [0, 0.1) is 0 Å². The molecule has 31 heavy (non-hydrogen) atoms. The minimum Gasteiger partial charge on any atom is -0.497 e. The van der Waals surface area contributed by atoms with Gasteiger partial charge in [0.25, 0.3) is 0 Å². The summed E-state index contributed by atoms with van der Waals surface area (Å²) >= 11 is 0. The van der Waals surface area contributed by atoms with E-state index < -0.39 is 0 Å². The molecule has 1 unspecified atom stereocenters. The van der Waals surface area contributed by atoms with E-state index in [0.29, 0.717) is 12.6 Å². The van der Waals surface area contributed by atoms with Crippen molar-refractivity contribution in [2.45, 2.75) is 18.9 Å². The molecule has 2 saturated heterocycles. The molecule has 8 nitrogen and oxygen atoms in total. The Balaban J connectivity index is 1.25. The molecule has 8 heteroatoms. The first kappa shape index (κ1) is 21.4. The van der Waals surface area contributed by atoms with E-state index in [1.54, 1.807) is 13.3 Å². The molecule has 2 fully saturated rings. The van der Waals surface area contributed by atoms with E-state index in [9.17, 15) is 4.79 Å². The van der Waals surface area contributed by atoms with Gasteiger partial charge in [-0.25, -0.2) is 0 Å². The normalized spacial score (nSPS) is 19.2. The highest BCUT2D eigenvalue weighted by atomic mass is 16.5. The summed E-state index contributed by atoms with van der Waals surface area (Å²) in [6.07, 6.45) is 3.97. The van der Waals surface area contributed by atoms with Crippen LogP contribution in [0.4, 0.5) is 11.5 Å². The van der Waals surface area contributed by atoms with E-state index in [0.717, 1.165) is 63.7 Å². The zero-order valence-electron chi connectivity index (χ0n) is 18.5. The van der Waals surface area contributed by atoms with Gasteiger partial charge in [-0.2, -0.15) is 5.10 Å². The number of amides is 1. The van der Waals surface area contributed by atoms with Crippen molar-refractivity contribution in [3.63, 3.8) is 0 Å². The molecule has 3 heterocycles. The molecular formula is C23H32N6O2. The number of benzene rings is 1. The van der Waals surface area contributed by atoms with Crippen LogP contribution >= 0.6 is 0 Å². The first-order valence-electron chi connectivity index (χ1n) is 11.0. The zero-order valence-corrected chi connectivity index (χ0v) is 18.5. The molecule has 2 aliphatic rings. The van der Waals surface area contributed by atoms with Crippen LogP contribution in [0.2, 0.25) is 0 Å². The van der Waals surface area contributed by atoms with E-state index in [1.165, 1.54) is 5.69 Å². The third-order valence-electron chi connectivity index (χ3n) is 6.23. The monoisotopic (exact) mass is 424 g/mol. The minimum absolute atomic E-state index is 0.209. The van der Waals surface area contributed by atoms with Crippen LogP contribution in [-0.4, -0.2) is 91.9 Å². The number of rotatable bonds is 7. The predicted molar refractivity (Wildman–Crippen MR) is 122 cm³/mol. The fraction of sp³-hybridized carbons (Fsp3) is 0.522. The molecule has 1 amide bonds. The van der Waals surface area contributed by atoms with E-state index in [2.05, 4.69) is 37.0 Å². The highest BCUT2D eigenvalue weighted by Crippen LogP contribution is 2.24. The Kier molecular flexibility index (Phi) is 6.86. The number of hydrogen-bond acceptors (Lipinski definition) is 7. The van der Waals surface area contributed by atoms with Crippen LogP contribution in [-0.2, 0) is 4.79 Å². The fourth-order valence-corrected chi connectivity index (χ4v) is 4.54. The summed E-state index contributed by atoms with van der Waals surface area (Å²) in [6, 6.07) is 12.4. The molecule has 0 radical (unpaired) electrons. The lowest BCUT2D eigenvalue weighted by Crippen LogP contribution is -2.51. The Morgan fingerprint density at radius 1 is 1.13 bits per heavy atom. The van der Waals surface area contributed by atoms with Gasteiger partial charge in [0.05, 0.1) is 13.7 Å². The highest BCUT2D eigenvalue weighted by Gasteiger charge is 2.28.